The van der Waals surface area contributed by atoms with Gasteiger partial charge >= 0.3 is 13.2 Å². The van der Waals surface area contributed by atoms with E-state index < -0.39 is 5.60 Å². The summed E-state index contributed by atoms with van der Waals surface area (Å²) in [7, 11) is -0.380. The van der Waals surface area contributed by atoms with E-state index in [1.807, 2.05) is 31.9 Å². The van der Waals surface area contributed by atoms with Crippen LogP contribution in [0.15, 0.2) is 12.4 Å². The molecule has 0 aromatic carbocycles. The second-order valence-electron chi connectivity index (χ2n) is 11.2. The maximum atomic E-state index is 12.5. The molecule has 7 nitrogen and oxygen atoms in total. The van der Waals surface area contributed by atoms with Crippen molar-refractivity contribution in [3.8, 4) is 0 Å². The molecule has 0 bridgehead atoms. The summed E-state index contributed by atoms with van der Waals surface area (Å²) in [6.07, 6.45) is 6.99. The lowest BCUT2D eigenvalue weighted by atomic mass is 9.79. The minimum atomic E-state index is -0.452. The number of likely N-dealkylation sites (tertiary alicyclic amines) is 1. The largest absolute Gasteiger partial charge is 0.498 e. The number of rotatable bonds is 2. The molecule has 3 unspecified atom stereocenters. The van der Waals surface area contributed by atoms with E-state index in [1.54, 1.807) is 0 Å². The fraction of sp³-hybridized carbons (Fsp3) is 0.818. The van der Waals surface area contributed by atoms with Crippen LogP contribution in [0.25, 0.3) is 0 Å². The minimum absolute atomic E-state index is 0.185. The van der Waals surface area contributed by atoms with Gasteiger partial charge in [0.25, 0.3) is 0 Å². The molecule has 166 valence electrons. The summed E-state index contributed by atoms with van der Waals surface area (Å²) in [6.45, 7) is 15.6. The SMILES string of the molecule is CC(C)(C)OC(=O)N1CC2CCC(n3cc(B4OC(C)(C)C(C)(C)O4)cn3)CC2C1. The van der Waals surface area contributed by atoms with Crippen LogP contribution < -0.4 is 5.46 Å². The summed E-state index contributed by atoms with van der Waals surface area (Å²) < 4.78 is 20.0. The minimum Gasteiger partial charge on any atom is -0.444 e. The molecule has 1 aromatic heterocycles. The Morgan fingerprint density at radius 3 is 2.40 bits per heavy atom. The molecule has 0 radical (unpaired) electrons. The summed E-state index contributed by atoms with van der Waals surface area (Å²) in [5.41, 5.74) is -0.191. The molecular formula is C22H36BN3O4. The van der Waals surface area contributed by atoms with Crippen molar-refractivity contribution in [3.05, 3.63) is 12.4 Å². The number of carbonyl (C=O) groups excluding carboxylic acids is 1. The third-order valence-electron chi connectivity index (χ3n) is 7.19. The van der Waals surface area contributed by atoms with Crippen LogP contribution in [0.4, 0.5) is 4.79 Å². The monoisotopic (exact) mass is 417 g/mol. The lowest BCUT2D eigenvalue weighted by molar-refractivity contribution is 0.00578. The first-order valence-corrected chi connectivity index (χ1v) is 11.2. The van der Waals surface area contributed by atoms with Crippen molar-refractivity contribution in [2.75, 3.05) is 13.1 Å². The summed E-state index contributed by atoms with van der Waals surface area (Å²) in [4.78, 5) is 14.4. The van der Waals surface area contributed by atoms with Crippen LogP contribution in [-0.2, 0) is 14.0 Å². The van der Waals surface area contributed by atoms with Crippen molar-refractivity contribution in [1.82, 2.24) is 14.7 Å². The maximum absolute atomic E-state index is 12.5. The number of aromatic nitrogens is 2. The Bertz CT molecular complexity index is 785. The average molecular weight is 417 g/mol. The van der Waals surface area contributed by atoms with Gasteiger partial charge in [-0.25, -0.2) is 4.79 Å². The van der Waals surface area contributed by atoms with Crippen LogP contribution in [0.1, 0.15) is 73.8 Å². The Morgan fingerprint density at radius 1 is 1.13 bits per heavy atom. The summed E-state index contributed by atoms with van der Waals surface area (Å²) in [5, 5.41) is 4.65. The van der Waals surface area contributed by atoms with E-state index in [2.05, 4.69) is 43.7 Å². The Labute approximate surface area is 180 Å². The van der Waals surface area contributed by atoms with Crippen molar-refractivity contribution in [1.29, 1.82) is 0 Å². The van der Waals surface area contributed by atoms with Crippen molar-refractivity contribution in [2.45, 2.75) is 90.6 Å². The Kier molecular flexibility index (Phi) is 5.25. The molecule has 3 aliphatic rings. The van der Waals surface area contributed by atoms with E-state index in [1.165, 1.54) is 0 Å². The van der Waals surface area contributed by atoms with Crippen molar-refractivity contribution in [2.24, 2.45) is 11.8 Å². The highest BCUT2D eigenvalue weighted by atomic mass is 16.7. The Balaban J connectivity index is 1.38. The predicted molar refractivity (Wildman–Crippen MR) is 116 cm³/mol. The quantitative estimate of drug-likeness (QED) is 0.691. The van der Waals surface area contributed by atoms with Gasteiger partial charge in [0, 0.05) is 30.9 Å². The molecule has 2 aliphatic heterocycles. The van der Waals surface area contributed by atoms with Gasteiger partial charge in [0.2, 0.25) is 0 Å². The summed E-state index contributed by atoms with van der Waals surface area (Å²) in [5.74, 6) is 1.06. The highest BCUT2D eigenvalue weighted by Crippen LogP contribution is 2.41. The van der Waals surface area contributed by atoms with Gasteiger partial charge in [0.1, 0.15) is 5.60 Å². The standard InChI is InChI=1S/C22H36BN3O4/c1-20(2,3)28-19(27)25-12-15-8-9-18(10-16(15)13-25)26-14-17(11-24-26)23-29-21(4,5)22(6,7)30-23/h11,14-16,18H,8-10,12-13H2,1-7H3. The molecule has 2 saturated heterocycles. The molecule has 1 aromatic rings. The zero-order valence-electron chi connectivity index (χ0n) is 19.5. The predicted octanol–water partition coefficient (Wildman–Crippen LogP) is 3.39. The topological polar surface area (TPSA) is 65.8 Å². The first-order chi connectivity index (χ1) is 13.8. The third-order valence-corrected chi connectivity index (χ3v) is 7.19. The van der Waals surface area contributed by atoms with E-state index in [9.17, 15) is 4.79 Å². The number of hydrogen-bond donors (Lipinski definition) is 0. The zero-order chi connectivity index (χ0) is 21.9. The third kappa shape index (κ3) is 4.13. The Hall–Kier alpha value is -1.54. The van der Waals surface area contributed by atoms with Gasteiger partial charge in [0.15, 0.2) is 0 Å². The van der Waals surface area contributed by atoms with Crippen LogP contribution in [0.5, 0.6) is 0 Å². The van der Waals surface area contributed by atoms with Crippen LogP contribution in [-0.4, -0.2) is 57.8 Å². The van der Waals surface area contributed by atoms with Gasteiger partial charge < -0.3 is 18.9 Å². The summed E-state index contributed by atoms with van der Waals surface area (Å²) >= 11 is 0. The molecule has 0 N–H and O–H groups in total. The number of nitrogens with zero attached hydrogens (tertiary/aromatic N) is 3. The average Bonchev–Trinajstić information content (AvgIpc) is 3.29. The molecule has 8 heteroatoms. The van der Waals surface area contributed by atoms with Crippen LogP contribution in [0.2, 0.25) is 0 Å². The molecule has 3 fully saturated rings. The van der Waals surface area contributed by atoms with Crippen molar-refractivity contribution in [3.63, 3.8) is 0 Å². The molecule has 30 heavy (non-hydrogen) atoms. The van der Waals surface area contributed by atoms with E-state index in [0.717, 1.165) is 37.8 Å². The van der Waals surface area contributed by atoms with Gasteiger partial charge in [-0.3, -0.25) is 4.68 Å². The van der Waals surface area contributed by atoms with Gasteiger partial charge in [0.05, 0.1) is 17.2 Å². The van der Waals surface area contributed by atoms with Crippen molar-refractivity contribution >= 4 is 18.7 Å². The Morgan fingerprint density at radius 2 is 1.77 bits per heavy atom. The molecule has 3 atom stereocenters. The van der Waals surface area contributed by atoms with Crippen molar-refractivity contribution < 1.29 is 18.8 Å². The lowest BCUT2D eigenvalue weighted by Crippen LogP contribution is -2.41. The van der Waals surface area contributed by atoms with Gasteiger partial charge in [-0.15, -0.1) is 0 Å². The zero-order valence-corrected chi connectivity index (χ0v) is 19.5. The second kappa shape index (κ2) is 7.26. The van der Waals surface area contributed by atoms with Gasteiger partial charge in [-0.05, 0) is 79.6 Å². The fourth-order valence-electron chi connectivity index (χ4n) is 4.78. The number of carbonyl (C=O) groups is 1. The second-order valence-corrected chi connectivity index (χ2v) is 11.2. The molecular weight excluding hydrogens is 381 g/mol. The maximum Gasteiger partial charge on any atom is 0.498 e. The number of ether oxygens (including phenoxy) is 1. The van der Waals surface area contributed by atoms with E-state index in [0.29, 0.717) is 17.9 Å². The molecule has 0 spiro atoms. The highest BCUT2D eigenvalue weighted by Gasteiger charge is 2.52. The van der Waals surface area contributed by atoms with E-state index in [-0.39, 0.29) is 24.4 Å². The molecule has 1 aliphatic carbocycles. The molecule has 4 rings (SSSR count). The molecule has 1 saturated carbocycles. The first-order valence-electron chi connectivity index (χ1n) is 11.2. The molecule has 1 amide bonds. The van der Waals surface area contributed by atoms with Gasteiger partial charge in [-0.1, -0.05) is 0 Å². The van der Waals surface area contributed by atoms with Crippen LogP contribution in [0, 0.1) is 11.8 Å². The smallest absolute Gasteiger partial charge is 0.444 e. The van der Waals surface area contributed by atoms with Gasteiger partial charge in [-0.2, -0.15) is 5.10 Å². The van der Waals surface area contributed by atoms with E-state index in [4.69, 9.17) is 14.0 Å². The van der Waals surface area contributed by atoms with E-state index >= 15 is 0 Å². The fourth-order valence-corrected chi connectivity index (χ4v) is 4.78. The summed E-state index contributed by atoms with van der Waals surface area (Å²) in [6, 6.07) is 0.348. The van der Waals surface area contributed by atoms with Crippen LogP contribution >= 0.6 is 0 Å². The number of fused-ring (bicyclic) bond motifs is 1. The molecule has 3 heterocycles. The van der Waals surface area contributed by atoms with Crippen LogP contribution in [0.3, 0.4) is 0 Å². The lowest BCUT2D eigenvalue weighted by Gasteiger charge is -2.32. The number of hydrogen-bond acceptors (Lipinski definition) is 5. The normalized spacial score (nSPS) is 30.4. The number of amides is 1. The first kappa shape index (κ1) is 21.7. The highest BCUT2D eigenvalue weighted by molar-refractivity contribution is 6.62.